The number of ketones is 1. The van der Waals surface area contributed by atoms with Crippen LogP contribution >= 0.6 is 38.9 Å². The Kier molecular flexibility index (Phi) is 5.91. The van der Waals surface area contributed by atoms with E-state index in [0.29, 0.717) is 27.7 Å². The van der Waals surface area contributed by atoms with Gasteiger partial charge in [0.05, 0.1) is 10.2 Å². The van der Waals surface area contributed by atoms with E-state index in [0.717, 1.165) is 38.1 Å². The van der Waals surface area contributed by atoms with Gasteiger partial charge in [0, 0.05) is 44.4 Å². The second-order valence-corrected chi connectivity index (χ2v) is 11.9. The number of rotatable bonds is 3. The van der Waals surface area contributed by atoms with Crippen LogP contribution in [0.2, 0.25) is 5.02 Å². The molecule has 1 aliphatic heterocycles. The average molecular weight is 557 g/mol. The third-order valence-corrected chi connectivity index (χ3v) is 7.94. The number of allylic oxidation sites excluding steroid dienone is 3. The lowest BCUT2D eigenvalue weighted by Crippen LogP contribution is -2.39. The number of thiazole rings is 1. The van der Waals surface area contributed by atoms with Crippen molar-refractivity contribution in [1.82, 2.24) is 10.3 Å². The number of nitrogens with one attached hydrogen (secondary N) is 2. The molecule has 34 heavy (non-hydrogen) atoms. The predicted octanol–water partition coefficient (Wildman–Crippen LogP) is 6.95. The molecule has 2 N–H and O–H groups in total. The summed E-state index contributed by atoms with van der Waals surface area (Å²) in [5.74, 6) is -0.672. The first-order valence-corrected chi connectivity index (χ1v) is 13.0. The van der Waals surface area contributed by atoms with E-state index in [4.69, 9.17) is 11.6 Å². The van der Waals surface area contributed by atoms with Gasteiger partial charge in [-0.05, 0) is 54.7 Å². The Morgan fingerprint density at radius 2 is 1.94 bits per heavy atom. The lowest BCUT2D eigenvalue weighted by Gasteiger charge is -2.39. The smallest absolute Gasteiger partial charge is 0.256 e. The first kappa shape index (κ1) is 23.3. The fraction of sp³-hybridized carbons (Fsp3) is 0.269. The van der Waals surface area contributed by atoms with E-state index in [1.165, 1.54) is 11.3 Å². The van der Waals surface area contributed by atoms with E-state index in [-0.39, 0.29) is 17.1 Å². The second-order valence-electron chi connectivity index (χ2n) is 9.57. The Labute approximate surface area is 215 Å². The van der Waals surface area contributed by atoms with E-state index in [1.807, 2.05) is 37.3 Å². The van der Waals surface area contributed by atoms with Gasteiger partial charge in [-0.1, -0.05) is 64.8 Å². The molecule has 0 saturated carbocycles. The highest BCUT2D eigenvalue weighted by atomic mass is 79.9. The van der Waals surface area contributed by atoms with Crippen LogP contribution in [0.25, 0.3) is 10.2 Å². The zero-order valence-corrected chi connectivity index (χ0v) is 22.1. The van der Waals surface area contributed by atoms with Gasteiger partial charge in [-0.2, -0.15) is 0 Å². The number of anilines is 1. The number of hydrogen-bond donors (Lipinski definition) is 2. The Bertz CT molecular complexity index is 1410. The molecule has 8 heteroatoms. The highest BCUT2D eigenvalue weighted by Gasteiger charge is 2.42. The molecule has 5 rings (SSSR count). The number of carbonyl (C=O) groups is 2. The van der Waals surface area contributed by atoms with Crippen molar-refractivity contribution in [2.75, 3.05) is 5.32 Å². The molecule has 2 aliphatic rings. The molecule has 5 nitrogen and oxygen atoms in total. The molecule has 0 saturated heterocycles. The second kappa shape index (κ2) is 8.63. The summed E-state index contributed by atoms with van der Waals surface area (Å²) >= 11 is 11.0. The molecule has 0 bridgehead atoms. The third-order valence-electron chi connectivity index (χ3n) is 6.26. The number of benzene rings is 2. The van der Waals surface area contributed by atoms with Crippen molar-refractivity contribution in [3.63, 3.8) is 0 Å². The maximum atomic E-state index is 13.7. The van der Waals surface area contributed by atoms with Crippen molar-refractivity contribution in [2.45, 2.75) is 39.5 Å². The van der Waals surface area contributed by atoms with Gasteiger partial charge in [-0.15, -0.1) is 0 Å². The molecular weight excluding hydrogens is 534 g/mol. The third kappa shape index (κ3) is 4.32. The SMILES string of the molecule is CC1=C(C(=O)Nc2nc3ccc(Br)cc3s2)[C@@H](c2ccc(Cl)cc2)C2=C(CC(C)(C)CC2=O)N1. The van der Waals surface area contributed by atoms with Crippen molar-refractivity contribution in [2.24, 2.45) is 5.41 Å². The molecule has 0 spiro atoms. The van der Waals surface area contributed by atoms with Crippen LogP contribution in [0, 0.1) is 5.41 Å². The number of aromatic nitrogens is 1. The maximum Gasteiger partial charge on any atom is 0.256 e. The molecule has 0 fully saturated rings. The van der Waals surface area contributed by atoms with Crippen LogP contribution in [-0.4, -0.2) is 16.7 Å². The Balaban J connectivity index is 1.57. The normalized spacial score (nSPS) is 19.8. The summed E-state index contributed by atoms with van der Waals surface area (Å²) in [5.41, 5.74) is 4.39. The molecule has 0 unspecified atom stereocenters. The quantitative estimate of drug-likeness (QED) is 0.366. The van der Waals surface area contributed by atoms with Crippen LogP contribution in [0.15, 0.2) is 69.5 Å². The number of carbonyl (C=O) groups excluding carboxylic acids is 2. The largest absolute Gasteiger partial charge is 0.362 e. The standard InChI is InChI=1S/C26H23BrClN3O2S/c1-13-21(24(33)31-25-30-17-9-6-15(27)10-20(17)34-25)22(14-4-7-16(28)8-5-14)23-18(29-13)11-26(2,3)12-19(23)32/h4-10,22,29H,11-12H2,1-3H3,(H,30,31,33)/t22-/m1/s1. The van der Waals surface area contributed by atoms with Crippen LogP contribution in [0.1, 0.15) is 45.1 Å². The number of halogens is 2. The summed E-state index contributed by atoms with van der Waals surface area (Å²) in [4.78, 5) is 31.6. The highest BCUT2D eigenvalue weighted by molar-refractivity contribution is 9.10. The van der Waals surface area contributed by atoms with Crippen LogP contribution in [-0.2, 0) is 9.59 Å². The molecular formula is C26H23BrClN3O2S. The summed E-state index contributed by atoms with van der Waals surface area (Å²) in [6.07, 6.45) is 1.19. The zero-order valence-electron chi connectivity index (χ0n) is 19.0. The van der Waals surface area contributed by atoms with Crippen molar-refractivity contribution in [3.8, 4) is 0 Å². The van der Waals surface area contributed by atoms with E-state index in [9.17, 15) is 9.59 Å². The number of fused-ring (bicyclic) bond motifs is 1. The number of Topliss-reactive ketones (excluding diaryl/α,β-unsaturated/α-hetero) is 1. The Hall–Kier alpha value is -2.48. The molecule has 1 amide bonds. The lowest BCUT2D eigenvalue weighted by atomic mass is 9.68. The zero-order chi connectivity index (χ0) is 24.2. The molecule has 174 valence electrons. The highest BCUT2D eigenvalue weighted by Crippen LogP contribution is 2.47. The van der Waals surface area contributed by atoms with E-state index in [1.54, 1.807) is 12.1 Å². The first-order chi connectivity index (χ1) is 16.1. The Morgan fingerprint density at radius 1 is 1.21 bits per heavy atom. The van der Waals surface area contributed by atoms with Crippen LogP contribution in [0.4, 0.5) is 5.13 Å². The molecule has 2 heterocycles. The number of nitrogens with zero attached hydrogens (tertiary/aromatic N) is 1. The van der Waals surface area contributed by atoms with Gasteiger partial charge in [-0.3, -0.25) is 14.9 Å². The molecule has 3 aromatic rings. The average Bonchev–Trinajstić information content (AvgIpc) is 3.13. The first-order valence-electron chi connectivity index (χ1n) is 11.0. The minimum Gasteiger partial charge on any atom is -0.362 e. The number of dihydropyridines is 1. The van der Waals surface area contributed by atoms with Crippen molar-refractivity contribution in [3.05, 3.63) is 80.1 Å². The van der Waals surface area contributed by atoms with Gasteiger partial charge < -0.3 is 5.32 Å². The van der Waals surface area contributed by atoms with Crippen molar-refractivity contribution >= 4 is 65.9 Å². The summed E-state index contributed by atoms with van der Waals surface area (Å²) < 4.78 is 1.93. The van der Waals surface area contributed by atoms with Crippen molar-refractivity contribution < 1.29 is 9.59 Å². The minimum absolute atomic E-state index is 0.0707. The van der Waals surface area contributed by atoms with Gasteiger partial charge in [0.15, 0.2) is 10.9 Å². The van der Waals surface area contributed by atoms with Gasteiger partial charge in [-0.25, -0.2) is 4.98 Å². The summed E-state index contributed by atoms with van der Waals surface area (Å²) in [6.45, 7) is 6.09. The predicted molar refractivity (Wildman–Crippen MR) is 141 cm³/mol. The van der Waals surface area contributed by atoms with Gasteiger partial charge >= 0.3 is 0 Å². The Morgan fingerprint density at radius 3 is 2.68 bits per heavy atom. The summed E-state index contributed by atoms with van der Waals surface area (Å²) in [6, 6.07) is 13.2. The van der Waals surface area contributed by atoms with Crippen LogP contribution < -0.4 is 10.6 Å². The molecule has 0 radical (unpaired) electrons. The molecule has 2 aromatic carbocycles. The monoisotopic (exact) mass is 555 g/mol. The van der Waals surface area contributed by atoms with E-state index in [2.05, 4.69) is 45.4 Å². The molecule has 1 aromatic heterocycles. The lowest BCUT2D eigenvalue weighted by molar-refractivity contribution is -0.118. The van der Waals surface area contributed by atoms with Crippen molar-refractivity contribution in [1.29, 1.82) is 0 Å². The number of amides is 1. The summed E-state index contributed by atoms with van der Waals surface area (Å²) in [7, 11) is 0. The topological polar surface area (TPSA) is 71.1 Å². The minimum atomic E-state index is -0.472. The maximum absolute atomic E-state index is 13.7. The fourth-order valence-electron chi connectivity index (χ4n) is 4.84. The molecule has 1 atom stereocenters. The van der Waals surface area contributed by atoms with Gasteiger partial charge in [0.25, 0.3) is 5.91 Å². The van der Waals surface area contributed by atoms with Crippen LogP contribution in [0.5, 0.6) is 0 Å². The van der Waals surface area contributed by atoms with Gasteiger partial charge in [0.2, 0.25) is 0 Å². The molecule has 1 aliphatic carbocycles. The van der Waals surface area contributed by atoms with Crippen LogP contribution in [0.3, 0.4) is 0 Å². The fourth-order valence-corrected chi connectivity index (χ4v) is 6.38. The van der Waals surface area contributed by atoms with Gasteiger partial charge in [0.1, 0.15) is 0 Å². The van der Waals surface area contributed by atoms with E-state index < -0.39 is 5.92 Å². The summed E-state index contributed by atoms with van der Waals surface area (Å²) in [5, 5.41) is 7.50. The van der Waals surface area contributed by atoms with E-state index >= 15 is 0 Å². The number of hydrogen-bond acceptors (Lipinski definition) is 5.